The van der Waals surface area contributed by atoms with Crippen LogP contribution in [0.25, 0.3) is 10.4 Å². The molecule has 1 rings (SSSR count). The van der Waals surface area contributed by atoms with Crippen molar-refractivity contribution >= 4 is 41.2 Å². The Balaban J connectivity index is 2.63. The van der Waals surface area contributed by atoms with Crippen molar-refractivity contribution in [3.63, 3.8) is 0 Å². The number of carbonyl (C=O) groups excluding carboxylic acids is 4. The van der Waals surface area contributed by atoms with E-state index in [0.29, 0.717) is 24.1 Å². The summed E-state index contributed by atoms with van der Waals surface area (Å²) in [6.45, 7) is 0.304. The van der Waals surface area contributed by atoms with Crippen LogP contribution in [0.5, 0.6) is 0 Å². The van der Waals surface area contributed by atoms with Crippen LogP contribution in [-0.2, 0) is 23.9 Å². The number of hydrogen-bond donors (Lipinski definition) is 3. The molecule has 1 aromatic rings. The topological polar surface area (TPSA) is 172 Å². The monoisotopic (exact) mass is 482 g/mol. The van der Waals surface area contributed by atoms with Gasteiger partial charge in [0, 0.05) is 36.5 Å². The Hall–Kier alpha value is -3.50. The van der Waals surface area contributed by atoms with Crippen LogP contribution < -0.4 is 16.0 Å². The third kappa shape index (κ3) is 12.2. The minimum atomic E-state index is -0.818. The van der Waals surface area contributed by atoms with Gasteiger partial charge in [0.2, 0.25) is 11.8 Å². The summed E-state index contributed by atoms with van der Waals surface area (Å²) in [6.07, 6.45) is -0.108. The molecule has 0 heterocycles. The number of amides is 3. The van der Waals surface area contributed by atoms with Gasteiger partial charge in [0.25, 0.3) is 0 Å². The largest absolute Gasteiger partial charge is 0.469 e. The third-order valence-electron chi connectivity index (χ3n) is 4.26. The van der Waals surface area contributed by atoms with Crippen LogP contribution >= 0.6 is 11.6 Å². The number of nitrogens with zero attached hydrogens (tertiary/aromatic N) is 3. The minimum Gasteiger partial charge on any atom is -0.469 e. The first-order valence-electron chi connectivity index (χ1n) is 10.1. The minimum absolute atomic E-state index is 0.00705. The van der Waals surface area contributed by atoms with Gasteiger partial charge >= 0.3 is 12.1 Å². The van der Waals surface area contributed by atoms with E-state index in [2.05, 4.69) is 30.7 Å². The predicted molar refractivity (Wildman–Crippen MR) is 120 cm³/mol. The molecule has 3 amide bonds. The molecular weight excluding hydrogens is 456 g/mol. The number of esters is 1. The summed E-state index contributed by atoms with van der Waals surface area (Å²) in [7, 11) is 1.31. The summed E-state index contributed by atoms with van der Waals surface area (Å²) in [5.41, 5.74) is 9.48. The van der Waals surface area contributed by atoms with Crippen LogP contribution in [0.4, 0.5) is 10.5 Å². The molecule has 3 N–H and O–H groups in total. The van der Waals surface area contributed by atoms with Crippen molar-refractivity contribution in [1.82, 2.24) is 16.0 Å². The highest BCUT2D eigenvalue weighted by Gasteiger charge is 2.18. The number of alkyl halides is 1. The highest BCUT2D eigenvalue weighted by molar-refractivity contribution is 6.27. The van der Waals surface area contributed by atoms with E-state index in [1.807, 2.05) is 0 Å². The highest BCUT2D eigenvalue weighted by atomic mass is 35.5. The van der Waals surface area contributed by atoms with Crippen LogP contribution in [0.3, 0.4) is 0 Å². The lowest BCUT2D eigenvalue weighted by Crippen LogP contribution is -2.37. The standard InChI is InChI=1S/C20H27ClN6O6/c1-32-19(30)5-3-2-4-17(28)25-13-16(14-6-8-15(9-7-14)26-27-22)33-20(31)24-11-10-23-18(29)12-21/h6-9,16H,2-5,10-13H2,1H3,(H,23,29)(H,24,31)(H,25,28). The molecule has 0 aliphatic carbocycles. The molecule has 0 fully saturated rings. The molecule has 0 bridgehead atoms. The molecule has 12 nitrogen and oxygen atoms in total. The number of nitrogens with one attached hydrogen (secondary N) is 3. The number of unbranched alkanes of at least 4 members (excludes halogenated alkanes) is 1. The number of benzene rings is 1. The fourth-order valence-corrected chi connectivity index (χ4v) is 2.67. The molecule has 0 spiro atoms. The van der Waals surface area contributed by atoms with Crippen molar-refractivity contribution in [2.75, 3.05) is 32.6 Å². The Bertz CT molecular complexity index is 844. The molecule has 1 unspecified atom stereocenters. The number of alkyl carbamates (subject to hydrolysis) is 1. The van der Waals surface area contributed by atoms with Crippen LogP contribution in [0.1, 0.15) is 37.4 Å². The third-order valence-corrected chi connectivity index (χ3v) is 4.50. The highest BCUT2D eigenvalue weighted by Crippen LogP contribution is 2.21. The summed E-state index contributed by atoms with van der Waals surface area (Å²) >= 11 is 5.38. The molecule has 0 aliphatic heterocycles. The van der Waals surface area contributed by atoms with Gasteiger partial charge in [-0.25, -0.2) is 4.79 Å². The van der Waals surface area contributed by atoms with Gasteiger partial charge in [-0.2, -0.15) is 0 Å². The van der Waals surface area contributed by atoms with E-state index in [1.54, 1.807) is 24.3 Å². The second-order valence-corrected chi connectivity index (χ2v) is 6.94. The van der Waals surface area contributed by atoms with Gasteiger partial charge in [0.1, 0.15) is 12.0 Å². The van der Waals surface area contributed by atoms with Crippen LogP contribution in [0.2, 0.25) is 0 Å². The van der Waals surface area contributed by atoms with Crippen LogP contribution in [0.15, 0.2) is 29.4 Å². The van der Waals surface area contributed by atoms with E-state index in [9.17, 15) is 19.2 Å². The maximum Gasteiger partial charge on any atom is 0.407 e. The van der Waals surface area contributed by atoms with E-state index < -0.39 is 12.2 Å². The first-order valence-corrected chi connectivity index (χ1v) is 10.7. The average molecular weight is 483 g/mol. The van der Waals surface area contributed by atoms with Crippen molar-refractivity contribution in [2.24, 2.45) is 5.11 Å². The molecule has 1 aromatic carbocycles. The molecule has 33 heavy (non-hydrogen) atoms. The number of azide groups is 1. The van der Waals surface area contributed by atoms with E-state index >= 15 is 0 Å². The molecule has 180 valence electrons. The van der Waals surface area contributed by atoms with E-state index in [0.717, 1.165) is 0 Å². The van der Waals surface area contributed by atoms with Gasteiger partial charge in [0.15, 0.2) is 0 Å². The number of halogens is 1. The lowest BCUT2D eigenvalue weighted by atomic mass is 10.1. The fraction of sp³-hybridized carbons (Fsp3) is 0.500. The van der Waals surface area contributed by atoms with Crippen LogP contribution in [0, 0.1) is 0 Å². The molecule has 0 aliphatic rings. The van der Waals surface area contributed by atoms with Gasteiger partial charge < -0.3 is 25.4 Å². The zero-order chi connectivity index (χ0) is 24.5. The van der Waals surface area contributed by atoms with Crippen molar-refractivity contribution in [2.45, 2.75) is 31.8 Å². The maximum absolute atomic E-state index is 12.2. The van der Waals surface area contributed by atoms with E-state index in [1.165, 1.54) is 7.11 Å². The molecule has 13 heteroatoms. The van der Waals surface area contributed by atoms with Gasteiger partial charge in [0.05, 0.1) is 13.7 Å². The van der Waals surface area contributed by atoms with Gasteiger partial charge in [-0.3, -0.25) is 14.4 Å². The summed E-state index contributed by atoms with van der Waals surface area (Å²) in [5, 5.41) is 11.2. The Morgan fingerprint density at radius 2 is 1.70 bits per heavy atom. The molecule has 1 atom stereocenters. The SMILES string of the molecule is COC(=O)CCCCC(=O)NCC(OC(=O)NCCNC(=O)CCl)c1ccc(N=[N+]=[N-])cc1. The average Bonchev–Trinajstić information content (AvgIpc) is 2.82. The van der Waals surface area contributed by atoms with Crippen LogP contribution in [-0.4, -0.2) is 56.5 Å². The second-order valence-electron chi connectivity index (χ2n) is 6.67. The van der Waals surface area contributed by atoms with Crippen molar-refractivity contribution in [1.29, 1.82) is 0 Å². The lowest BCUT2D eigenvalue weighted by Gasteiger charge is -2.19. The number of carbonyl (C=O) groups is 4. The predicted octanol–water partition coefficient (Wildman–Crippen LogP) is 2.60. The molecule has 0 aromatic heterocycles. The zero-order valence-corrected chi connectivity index (χ0v) is 19.0. The van der Waals surface area contributed by atoms with E-state index in [-0.39, 0.29) is 56.1 Å². The quantitative estimate of drug-likeness (QED) is 0.0917. The smallest absolute Gasteiger partial charge is 0.407 e. The summed E-state index contributed by atoms with van der Waals surface area (Å²) in [4.78, 5) is 49.2. The van der Waals surface area contributed by atoms with E-state index in [4.69, 9.17) is 21.9 Å². The van der Waals surface area contributed by atoms with Gasteiger partial charge in [-0.1, -0.05) is 29.4 Å². The summed E-state index contributed by atoms with van der Waals surface area (Å²) < 4.78 is 9.98. The maximum atomic E-state index is 12.2. The second kappa shape index (κ2) is 16.2. The fourth-order valence-electron chi connectivity index (χ4n) is 2.57. The Kier molecular flexibility index (Phi) is 13.5. The first kappa shape index (κ1) is 27.5. The first-order chi connectivity index (χ1) is 15.9. The molecular formula is C20H27ClN6O6. The number of ether oxygens (including phenoxy) is 2. The Morgan fingerprint density at radius 3 is 2.33 bits per heavy atom. The lowest BCUT2D eigenvalue weighted by molar-refractivity contribution is -0.140. The Labute approximate surface area is 196 Å². The molecule has 0 saturated heterocycles. The van der Waals surface area contributed by atoms with Crippen molar-refractivity contribution in [3.8, 4) is 0 Å². The Morgan fingerprint density at radius 1 is 1.03 bits per heavy atom. The number of methoxy groups -OCH3 is 1. The van der Waals surface area contributed by atoms with Crippen molar-refractivity contribution in [3.05, 3.63) is 40.3 Å². The van der Waals surface area contributed by atoms with Gasteiger partial charge in [-0.15, -0.1) is 11.6 Å². The summed E-state index contributed by atoms with van der Waals surface area (Å²) in [5.74, 6) is -1.13. The normalized spacial score (nSPS) is 10.8. The van der Waals surface area contributed by atoms with Gasteiger partial charge in [-0.05, 0) is 23.9 Å². The zero-order valence-electron chi connectivity index (χ0n) is 18.2. The summed E-state index contributed by atoms with van der Waals surface area (Å²) in [6, 6.07) is 6.34. The number of rotatable bonds is 14. The number of hydrogen-bond acceptors (Lipinski definition) is 7. The molecule has 0 saturated carbocycles. The molecule has 0 radical (unpaired) electrons. The van der Waals surface area contributed by atoms with Crippen molar-refractivity contribution < 1.29 is 28.7 Å².